The summed E-state index contributed by atoms with van der Waals surface area (Å²) < 4.78 is 1.19. The molecule has 0 atom stereocenters. The average Bonchev–Trinajstić information content (AvgIpc) is 2.25. The van der Waals surface area contributed by atoms with Gasteiger partial charge in [-0.15, -0.1) is 0 Å². The van der Waals surface area contributed by atoms with Crippen LogP contribution < -0.4 is 0 Å². The minimum Gasteiger partial charge on any atom is -0.299 e. The van der Waals surface area contributed by atoms with E-state index in [9.17, 15) is 0 Å². The molecular weight excluding hydrogens is 250 g/mol. The van der Waals surface area contributed by atoms with Crippen molar-refractivity contribution in [1.29, 1.82) is 0 Å². The lowest BCUT2D eigenvalue weighted by molar-refractivity contribution is 0.220. The molecule has 1 aromatic rings. The van der Waals surface area contributed by atoms with Gasteiger partial charge in [-0.1, -0.05) is 28.4 Å². The number of rotatable bonds is 2. The van der Waals surface area contributed by atoms with Crippen molar-refractivity contribution in [3.8, 4) is 0 Å². The van der Waals surface area contributed by atoms with Gasteiger partial charge in [0.05, 0.1) is 0 Å². The summed E-state index contributed by atoms with van der Waals surface area (Å²) in [6.45, 7) is 5.86. The van der Waals surface area contributed by atoms with Gasteiger partial charge in [0.1, 0.15) is 0 Å². The standard InChI is InChI=1S/C13H18BrN/c1-11-5-6-13(14)9-12(11)10-15-7-3-2-4-8-15/h5-6,9H,2-4,7-8,10H2,1H3. The third-order valence-electron chi connectivity index (χ3n) is 3.15. The second-order valence-electron chi connectivity index (χ2n) is 4.41. The molecule has 1 saturated heterocycles. The number of halogens is 1. The number of hydrogen-bond acceptors (Lipinski definition) is 1. The molecule has 0 spiro atoms. The highest BCUT2D eigenvalue weighted by atomic mass is 79.9. The second-order valence-corrected chi connectivity index (χ2v) is 5.32. The average molecular weight is 268 g/mol. The predicted octanol–water partition coefficient (Wildman–Crippen LogP) is 3.74. The van der Waals surface area contributed by atoms with E-state index in [0.717, 1.165) is 6.54 Å². The first-order valence-electron chi connectivity index (χ1n) is 5.73. The zero-order valence-electron chi connectivity index (χ0n) is 9.30. The maximum Gasteiger partial charge on any atom is 0.0236 e. The molecular formula is C13H18BrN. The van der Waals surface area contributed by atoms with E-state index in [1.807, 2.05) is 0 Å². The largest absolute Gasteiger partial charge is 0.299 e. The van der Waals surface area contributed by atoms with Crippen molar-refractivity contribution >= 4 is 15.9 Å². The van der Waals surface area contributed by atoms with Crippen LogP contribution in [0.3, 0.4) is 0 Å². The highest BCUT2D eigenvalue weighted by Gasteiger charge is 2.11. The molecule has 1 nitrogen and oxygen atoms in total. The van der Waals surface area contributed by atoms with Crippen molar-refractivity contribution in [1.82, 2.24) is 4.90 Å². The van der Waals surface area contributed by atoms with Crippen LogP contribution in [0.4, 0.5) is 0 Å². The summed E-state index contributed by atoms with van der Waals surface area (Å²) in [6.07, 6.45) is 4.15. The van der Waals surface area contributed by atoms with Gasteiger partial charge >= 0.3 is 0 Å². The van der Waals surface area contributed by atoms with Crippen molar-refractivity contribution in [2.45, 2.75) is 32.7 Å². The topological polar surface area (TPSA) is 3.24 Å². The number of benzene rings is 1. The molecule has 0 amide bonds. The molecule has 82 valence electrons. The Balaban J connectivity index is 2.05. The van der Waals surface area contributed by atoms with Gasteiger partial charge in [0.25, 0.3) is 0 Å². The van der Waals surface area contributed by atoms with E-state index in [1.165, 1.54) is 48.0 Å². The molecule has 2 heteroatoms. The van der Waals surface area contributed by atoms with Gasteiger partial charge < -0.3 is 0 Å². The molecule has 1 aliphatic heterocycles. The predicted molar refractivity (Wildman–Crippen MR) is 68.0 cm³/mol. The molecule has 0 aromatic heterocycles. The van der Waals surface area contributed by atoms with Gasteiger partial charge in [-0.25, -0.2) is 0 Å². The Kier molecular flexibility index (Phi) is 3.81. The smallest absolute Gasteiger partial charge is 0.0236 e. The number of hydrogen-bond donors (Lipinski definition) is 0. The maximum absolute atomic E-state index is 3.54. The Bertz CT molecular complexity index is 329. The summed E-state index contributed by atoms with van der Waals surface area (Å²) in [6, 6.07) is 6.57. The van der Waals surface area contributed by atoms with Crippen molar-refractivity contribution in [3.63, 3.8) is 0 Å². The lowest BCUT2D eigenvalue weighted by Gasteiger charge is -2.27. The zero-order valence-corrected chi connectivity index (χ0v) is 10.9. The Morgan fingerprint density at radius 1 is 1.20 bits per heavy atom. The first kappa shape index (κ1) is 11.2. The molecule has 0 saturated carbocycles. The van der Waals surface area contributed by atoms with Crippen molar-refractivity contribution in [2.24, 2.45) is 0 Å². The maximum atomic E-state index is 3.54. The Morgan fingerprint density at radius 3 is 2.67 bits per heavy atom. The van der Waals surface area contributed by atoms with Crippen LogP contribution in [0.25, 0.3) is 0 Å². The fourth-order valence-electron chi connectivity index (χ4n) is 2.17. The minimum atomic E-state index is 1.12. The normalized spacial score (nSPS) is 18.0. The van der Waals surface area contributed by atoms with E-state index in [2.05, 4.69) is 46.0 Å². The van der Waals surface area contributed by atoms with Crippen LogP contribution in [0.15, 0.2) is 22.7 Å². The van der Waals surface area contributed by atoms with Crippen LogP contribution in [0.2, 0.25) is 0 Å². The quantitative estimate of drug-likeness (QED) is 0.789. The lowest BCUT2D eigenvalue weighted by Crippen LogP contribution is -2.29. The number of piperidine rings is 1. The molecule has 1 aromatic carbocycles. The Morgan fingerprint density at radius 2 is 1.93 bits per heavy atom. The molecule has 0 N–H and O–H groups in total. The highest BCUT2D eigenvalue weighted by Crippen LogP contribution is 2.19. The molecule has 1 heterocycles. The van der Waals surface area contributed by atoms with Crippen LogP contribution in [-0.2, 0) is 6.54 Å². The summed E-state index contributed by atoms with van der Waals surface area (Å²) in [7, 11) is 0. The Labute approximate surface area is 101 Å². The molecule has 0 aliphatic carbocycles. The summed E-state index contributed by atoms with van der Waals surface area (Å²) in [4.78, 5) is 2.57. The van der Waals surface area contributed by atoms with Crippen LogP contribution >= 0.6 is 15.9 Å². The van der Waals surface area contributed by atoms with Crippen molar-refractivity contribution in [3.05, 3.63) is 33.8 Å². The second kappa shape index (κ2) is 5.13. The first-order valence-corrected chi connectivity index (χ1v) is 6.52. The van der Waals surface area contributed by atoms with Gasteiger partial charge in [-0.3, -0.25) is 4.90 Å². The van der Waals surface area contributed by atoms with Crippen molar-refractivity contribution < 1.29 is 0 Å². The van der Waals surface area contributed by atoms with E-state index in [1.54, 1.807) is 0 Å². The monoisotopic (exact) mass is 267 g/mol. The fraction of sp³-hybridized carbons (Fsp3) is 0.538. The van der Waals surface area contributed by atoms with Gasteiger partial charge in [0.2, 0.25) is 0 Å². The minimum absolute atomic E-state index is 1.12. The molecule has 1 aliphatic rings. The van der Waals surface area contributed by atoms with Gasteiger partial charge in [-0.2, -0.15) is 0 Å². The van der Waals surface area contributed by atoms with E-state index in [-0.39, 0.29) is 0 Å². The molecule has 2 rings (SSSR count). The van der Waals surface area contributed by atoms with E-state index in [0.29, 0.717) is 0 Å². The number of likely N-dealkylation sites (tertiary alicyclic amines) is 1. The van der Waals surface area contributed by atoms with Gasteiger partial charge in [-0.05, 0) is 56.1 Å². The molecule has 1 fully saturated rings. The van der Waals surface area contributed by atoms with Crippen LogP contribution in [0, 0.1) is 6.92 Å². The highest BCUT2D eigenvalue weighted by molar-refractivity contribution is 9.10. The molecule has 15 heavy (non-hydrogen) atoms. The SMILES string of the molecule is Cc1ccc(Br)cc1CN1CCCCC1. The summed E-state index contributed by atoms with van der Waals surface area (Å²) in [5.41, 5.74) is 2.87. The van der Waals surface area contributed by atoms with E-state index in [4.69, 9.17) is 0 Å². The third kappa shape index (κ3) is 3.05. The van der Waals surface area contributed by atoms with Gasteiger partial charge in [0.15, 0.2) is 0 Å². The number of nitrogens with zero attached hydrogens (tertiary/aromatic N) is 1. The number of aryl methyl sites for hydroxylation is 1. The molecule has 0 bridgehead atoms. The first-order chi connectivity index (χ1) is 7.25. The third-order valence-corrected chi connectivity index (χ3v) is 3.65. The fourth-order valence-corrected chi connectivity index (χ4v) is 2.58. The zero-order chi connectivity index (χ0) is 10.7. The summed E-state index contributed by atoms with van der Waals surface area (Å²) >= 11 is 3.54. The summed E-state index contributed by atoms with van der Waals surface area (Å²) in [5, 5.41) is 0. The van der Waals surface area contributed by atoms with Crippen LogP contribution in [-0.4, -0.2) is 18.0 Å². The van der Waals surface area contributed by atoms with Gasteiger partial charge in [0, 0.05) is 11.0 Å². The van der Waals surface area contributed by atoms with E-state index < -0.39 is 0 Å². The molecule has 0 unspecified atom stereocenters. The van der Waals surface area contributed by atoms with Crippen LogP contribution in [0.1, 0.15) is 30.4 Å². The van der Waals surface area contributed by atoms with Crippen molar-refractivity contribution in [2.75, 3.05) is 13.1 Å². The summed E-state index contributed by atoms with van der Waals surface area (Å²) in [5.74, 6) is 0. The Hall–Kier alpha value is -0.340. The van der Waals surface area contributed by atoms with E-state index >= 15 is 0 Å². The lowest BCUT2D eigenvalue weighted by atomic mass is 10.1. The molecule has 0 radical (unpaired) electrons. The van der Waals surface area contributed by atoms with Crippen LogP contribution in [0.5, 0.6) is 0 Å².